The third kappa shape index (κ3) is 3.48. The van der Waals surface area contributed by atoms with Gasteiger partial charge in [0.1, 0.15) is 0 Å². The van der Waals surface area contributed by atoms with Crippen LogP contribution in [0.1, 0.15) is 43.0 Å². The number of hydrogen-bond donors (Lipinski definition) is 1. The van der Waals surface area contributed by atoms with Gasteiger partial charge in [-0.05, 0) is 49.9 Å². The molecule has 6 nitrogen and oxygen atoms in total. The Morgan fingerprint density at radius 2 is 2.00 bits per heavy atom. The monoisotopic (exact) mass is 366 g/mol. The maximum Gasteiger partial charge on any atom is 0.253 e. The number of H-pyrrole nitrogens is 1. The molecule has 2 saturated heterocycles. The third-order valence-electron chi connectivity index (χ3n) is 6.02. The van der Waals surface area contributed by atoms with E-state index in [0.717, 1.165) is 62.3 Å². The van der Waals surface area contributed by atoms with Crippen LogP contribution in [0.15, 0.2) is 36.5 Å². The van der Waals surface area contributed by atoms with Crippen molar-refractivity contribution in [1.29, 1.82) is 0 Å². The van der Waals surface area contributed by atoms with Crippen molar-refractivity contribution in [3.63, 3.8) is 0 Å². The lowest BCUT2D eigenvalue weighted by atomic mass is 9.73. The second kappa shape index (κ2) is 7.18. The van der Waals surface area contributed by atoms with Crippen molar-refractivity contribution in [2.24, 2.45) is 5.41 Å². The average Bonchev–Trinajstić information content (AvgIpc) is 3.25. The molecule has 2 aromatic rings. The van der Waals surface area contributed by atoms with Gasteiger partial charge in [0.05, 0.1) is 5.69 Å². The number of piperidine rings is 2. The SMILES string of the molecule is CCN1CC2(CCCN(C(=O)c3ccc(-c4ccn[nH]4)cc3)C2)CCC1=O. The zero-order valence-electron chi connectivity index (χ0n) is 15.8. The summed E-state index contributed by atoms with van der Waals surface area (Å²) in [7, 11) is 0. The number of carbonyl (C=O) groups excluding carboxylic acids is 2. The minimum absolute atomic E-state index is 0.0632. The van der Waals surface area contributed by atoms with Crippen molar-refractivity contribution >= 4 is 11.8 Å². The molecule has 0 aliphatic carbocycles. The first-order valence-electron chi connectivity index (χ1n) is 9.77. The van der Waals surface area contributed by atoms with Crippen LogP contribution in [0.2, 0.25) is 0 Å². The number of nitrogens with zero attached hydrogens (tertiary/aromatic N) is 3. The van der Waals surface area contributed by atoms with E-state index in [1.807, 2.05) is 47.1 Å². The maximum absolute atomic E-state index is 13.1. The Hall–Kier alpha value is -2.63. The molecule has 4 rings (SSSR count). The number of hydrogen-bond acceptors (Lipinski definition) is 3. The van der Waals surface area contributed by atoms with E-state index in [4.69, 9.17) is 0 Å². The Bertz CT molecular complexity index is 815. The molecule has 1 spiro atoms. The van der Waals surface area contributed by atoms with E-state index >= 15 is 0 Å². The first-order chi connectivity index (χ1) is 13.1. The molecule has 1 atom stereocenters. The summed E-state index contributed by atoms with van der Waals surface area (Å²) in [6.45, 7) is 5.11. The maximum atomic E-state index is 13.1. The molecule has 1 aromatic carbocycles. The van der Waals surface area contributed by atoms with Gasteiger partial charge in [0.2, 0.25) is 5.91 Å². The molecule has 2 amide bonds. The summed E-state index contributed by atoms with van der Waals surface area (Å²) in [6.07, 6.45) is 5.32. The standard InChI is InChI=1S/C21H26N4O2/c1-2-24-14-21(11-8-19(24)26)10-3-13-25(15-21)20(27)17-6-4-16(5-7-17)18-9-12-22-23-18/h4-7,9,12H,2-3,8,10-11,13-15H2,1H3,(H,22,23). The zero-order valence-corrected chi connectivity index (χ0v) is 15.8. The number of aromatic amines is 1. The van der Waals surface area contributed by atoms with Gasteiger partial charge in [-0.3, -0.25) is 14.7 Å². The summed E-state index contributed by atoms with van der Waals surface area (Å²) in [5.41, 5.74) is 2.74. The number of likely N-dealkylation sites (tertiary alicyclic amines) is 2. The first kappa shape index (κ1) is 17.8. The van der Waals surface area contributed by atoms with Gasteiger partial charge in [-0.25, -0.2) is 0 Å². The quantitative estimate of drug-likeness (QED) is 0.908. The van der Waals surface area contributed by atoms with Crippen molar-refractivity contribution in [1.82, 2.24) is 20.0 Å². The number of rotatable bonds is 3. The second-order valence-corrected chi connectivity index (χ2v) is 7.79. The fourth-order valence-corrected chi connectivity index (χ4v) is 4.50. The lowest BCUT2D eigenvalue weighted by molar-refractivity contribution is -0.138. The molecule has 2 aliphatic heterocycles. The number of nitrogens with one attached hydrogen (secondary N) is 1. The van der Waals surface area contributed by atoms with Crippen LogP contribution in [-0.4, -0.2) is 58.0 Å². The van der Waals surface area contributed by atoms with Gasteiger partial charge in [-0.2, -0.15) is 5.10 Å². The highest BCUT2D eigenvalue weighted by molar-refractivity contribution is 5.94. The number of benzene rings is 1. The summed E-state index contributed by atoms with van der Waals surface area (Å²) in [6, 6.07) is 9.61. The summed E-state index contributed by atoms with van der Waals surface area (Å²) in [5, 5.41) is 6.91. The van der Waals surface area contributed by atoms with Gasteiger partial charge < -0.3 is 9.80 Å². The van der Waals surface area contributed by atoms with Crippen molar-refractivity contribution in [2.45, 2.75) is 32.6 Å². The highest BCUT2D eigenvalue weighted by Crippen LogP contribution is 2.39. The smallest absolute Gasteiger partial charge is 0.253 e. The molecule has 1 N–H and O–H groups in total. The van der Waals surface area contributed by atoms with Gasteiger partial charge in [0.25, 0.3) is 5.91 Å². The van der Waals surface area contributed by atoms with Crippen LogP contribution in [0.25, 0.3) is 11.3 Å². The van der Waals surface area contributed by atoms with Crippen LogP contribution in [-0.2, 0) is 4.79 Å². The minimum Gasteiger partial charge on any atom is -0.342 e. The van der Waals surface area contributed by atoms with Crippen LogP contribution < -0.4 is 0 Å². The highest BCUT2D eigenvalue weighted by Gasteiger charge is 2.42. The Balaban J connectivity index is 1.48. The van der Waals surface area contributed by atoms with Crippen LogP contribution >= 0.6 is 0 Å². The average molecular weight is 366 g/mol. The molecule has 3 heterocycles. The lowest BCUT2D eigenvalue weighted by Gasteiger charge is -2.48. The molecular formula is C21H26N4O2. The van der Waals surface area contributed by atoms with Crippen molar-refractivity contribution in [2.75, 3.05) is 26.2 Å². The Kier molecular flexibility index (Phi) is 4.72. The third-order valence-corrected chi connectivity index (χ3v) is 6.02. The zero-order chi connectivity index (χ0) is 18.9. The second-order valence-electron chi connectivity index (χ2n) is 7.79. The predicted octanol–water partition coefficient (Wildman–Crippen LogP) is 2.94. The molecule has 2 fully saturated rings. The van der Waals surface area contributed by atoms with E-state index in [0.29, 0.717) is 6.42 Å². The van der Waals surface area contributed by atoms with Crippen LogP contribution in [0, 0.1) is 5.41 Å². The van der Waals surface area contributed by atoms with Crippen molar-refractivity contribution in [3.05, 3.63) is 42.1 Å². The number of aromatic nitrogens is 2. The Labute approximate surface area is 159 Å². The van der Waals surface area contributed by atoms with E-state index < -0.39 is 0 Å². The fourth-order valence-electron chi connectivity index (χ4n) is 4.50. The highest BCUT2D eigenvalue weighted by atomic mass is 16.2. The molecule has 0 radical (unpaired) electrons. The summed E-state index contributed by atoms with van der Waals surface area (Å²) in [5.74, 6) is 0.339. The first-order valence-corrected chi connectivity index (χ1v) is 9.77. The fraction of sp³-hybridized carbons (Fsp3) is 0.476. The molecule has 0 saturated carbocycles. The Morgan fingerprint density at radius 3 is 2.70 bits per heavy atom. The molecule has 27 heavy (non-hydrogen) atoms. The van der Waals surface area contributed by atoms with E-state index in [1.165, 1.54) is 0 Å². The topological polar surface area (TPSA) is 69.3 Å². The number of amides is 2. The molecule has 2 aliphatic rings. The summed E-state index contributed by atoms with van der Waals surface area (Å²) in [4.78, 5) is 29.1. The van der Waals surface area contributed by atoms with E-state index in [1.54, 1.807) is 6.20 Å². The Morgan fingerprint density at radius 1 is 1.19 bits per heavy atom. The van der Waals surface area contributed by atoms with Crippen LogP contribution in [0.4, 0.5) is 0 Å². The van der Waals surface area contributed by atoms with Gasteiger partial charge in [-0.15, -0.1) is 0 Å². The number of carbonyl (C=O) groups is 2. The molecule has 6 heteroatoms. The van der Waals surface area contributed by atoms with Crippen molar-refractivity contribution in [3.8, 4) is 11.3 Å². The van der Waals surface area contributed by atoms with E-state index in [-0.39, 0.29) is 17.2 Å². The minimum atomic E-state index is 0.0632. The van der Waals surface area contributed by atoms with E-state index in [9.17, 15) is 9.59 Å². The summed E-state index contributed by atoms with van der Waals surface area (Å²) < 4.78 is 0. The lowest BCUT2D eigenvalue weighted by Crippen LogP contribution is -2.55. The van der Waals surface area contributed by atoms with Gasteiger partial charge in [0, 0.05) is 49.8 Å². The van der Waals surface area contributed by atoms with Gasteiger partial charge in [0.15, 0.2) is 0 Å². The summed E-state index contributed by atoms with van der Waals surface area (Å²) >= 11 is 0. The molecule has 142 valence electrons. The van der Waals surface area contributed by atoms with Crippen LogP contribution in [0.5, 0.6) is 0 Å². The molecule has 0 bridgehead atoms. The molecule has 1 unspecified atom stereocenters. The largest absolute Gasteiger partial charge is 0.342 e. The normalized spacial score (nSPS) is 23.1. The molecule has 1 aromatic heterocycles. The van der Waals surface area contributed by atoms with Gasteiger partial charge >= 0.3 is 0 Å². The van der Waals surface area contributed by atoms with Crippen molar-refractivity contribution < 1.29 is 9.59 Å². The molecular weight excluding hydrogens is 340 g/mol. The predicted molar refractivity (Wildman–Crippen MR) is 103 cm³/mol. The van der Waals surface area contributed by atoms with E-state index in [2.05, 4.69) is 10.2 Å². The van der Waals surface area contributed by atoms with Crippen LogP contribution in [0.3, 0.4) is 0 Å². The van der Waals surface area contributed by atoms with Gasteiger partial charge in [-0.1, -0.05) is 12.1 Å².